The van der Waals surface area contributed by atoms with E-state index in [1.165, 1.54) is 0 Å². The van der Waals surface area contributed by atoms with Crippen LogP contribution in [0.25, 0.3) is 11.1 Å². The number of nitrogens with one attached hydrogen (secondary N) is 1. The highest BCUT2D eigenvalue weighted by atomic mass is 16.7. The smallest absolute Gasteiger partial charge is 0.407 e. The molecule has 2 aromatic rings. The molecule has 288 valence electrons. The van der Waals surface area contributed by atoms with Crippen molar-refractivity contribution in [2.75, 3.05) is 13.2 Å². The average molecular weight is 742 g/mol. The normalized spacial score (nSPS) is 21.6. The highest BCUT2D eigenvalue weighted by Crippen LogP contribution is 2.44. The first-order chi connectivity index (χ1) is 25.3. The molecule has 1 saturated heterocycles. The standard InChI is InChI=1S/C38H47NO14/c1-6-7-8-9-18-30(32(36(44)45)39-38(46)48-19-29-27-16-12-10-14-25(27)26-15-11-13-17-28(26)29)52-37-35(51-24(5)43)34(50-23(4)42)33(49-22(3)41)31(53-37)20-47-21(2)40/h10-17,29-35,37H,6-9,18-20H2,1-5H3,(H,39,46)(H,44,45)/t30-,31-,32-,33-,34+,35-,37-/m1/s1. The van der Waals surface area contributed by atoms with Crippen LogP contribution in [0.2, 0.25) is 0 Å². The fourth-order valence-electron chi connectivity index (χ4n) is 6.64. The molecule has 2 aromatic carbocycles. The Hall–Kier alpha value is -5.02. The number of amides is 1. The number of carboxylic acids is 1. The summed E-state index contributed by atoms with van der Waals surface area (Å²) in [4.78, 5) is 74.7. The van der Waals surface area contributed by atoms with Crippen LogP contribution in [0, 0.1) is 0 Å². The molecule has 2 N–H and O–H groups in total. The summed E-state index contributed by atoms with van der Waals surface area (Å²) < 4.78 is 39.5. The second kappa shape index (κ2) is 19.2. The van der Waals surface area contributed by atoms with Crippen LogP contribution in [0.4, 0.5) is 4.79 Å². The molecule has 15 nitrogen and oxygen atoms in total. The minimum Gasteiger partial charge on any atom is -0.480 e. The van der Waals surface area contributed by atoms with Gasteiger partial charge in [-0.2, -0.15) is 0 Å². The second-order valence-corrected chi connectivity index (χ2v) is 12.9. The Morgan fingerprint density at radius 2 is 1.28 bits per heavy atom. The third-order valence-corrected chi connectivity index (χ3v) is 8.85. The third kappa shape index (κ3) is 11.0. The Bertz CT molecular complexity index is 1580. The van der Waals surface area contributed by atoms with Gasteiger partial charge in [-0.25, -0.2) is 9.59 Å². The van der Waals surface area contributed by atoms with Gasteiger partial charge in [0.05, 0.1) is 6.10 Å². The number of hydrogen-bond acceptors (Lipinski definition) is 13. The minimum atomic E-state index is -1.70. The zero-order valence-electron chi connectivity index (χ0n) is 30.4. The molecule has 1 aliphatic carbocycles. The van der Waals surface area contributed by atoms with Crippen LogP contribution in [0.15, 0.2) is 48.5 Å². The summed E-state index contributed by atoms with van der Waals surface area (Å²) in [5.74, 6) is -4.94. The summed E-state index contributed by atoms with van der Waals surface area (Å²) >= 11 is 0. The Morgan fingerprint density at radius 3 is 1.83 bits per heavy atom. The number of aliphatic carboxylic acids is 1. The zero-order valence-corrected chi connectivity index (χ0v) is 30.4. The highest BCUT2D eigenvalue weighted by Gasteiger charge is 2.54. The van der Waals surface area contributed by atoms with E-state index in [1.54, 1.807) is 0 Å². The largest absolute Gasteiger partial charge is 0.480 e. The van der Waals surface area contributed by atoms with Gasteiger partial charge in [0.15, 0.2) is 30.6 Å². The van der Waals surface area contributed by atoms with Gasteiger partial charge < -0.3 is 43.6 Å². The van der Waals surface area contributed by atoms with Gasteiger partial charge in [-0.1, -0.05) is 81.1 Å². The van der Waals surface area contributed by atoms with Gasteiger partial charge in [-0.15, -0.1) is 0 Å². The van der Waals surface area contributed by atoms with Crippen molar-refractivity contribution in [3.63, 3.8) is 0 Å². The van der Waals surface area contributed by atoms with E-state index in [1.807, 2.05) is 55.5 Å². The van der Waals surface area contributed by atoms with E-state index in [9.17, 15) is 33.9 Å². The maximum absolute atomic E-state index is 13.3. The first-order valence-electron chi connectivity index (χ1n) is 17.6. The van der Waals surface area contributed by atoms with Crippen LogP contribution < -0.4 is 5.32 Å². The van der Waals surface area contributed by atoms with E-state index in [4.69, 9.17) is 33.2 Å². The number of ether oxygens (including phenoxy) is 7. The number of carboxylic acid groups (broad SMARTS) is 1. The van der Waals surface area contributed by atoms with Gasteiger partial charge in [-0.3, -0.25) is 19.2 Å². The number of rotatable bonds is 17. The predicted molar refractivity (Wildman–Crippen MR) is 185 cm³/mol. The van der Waals surface area contributed by atoms with Gasteiger partial charge in [0.2, 0.25) is 0 Å². The quantitative estimate of drug-likeness (QED) is 0.131. The van der Waals surface area contributed by atoms with Gasteiger partial charge in [-0.05, 0) is 28.7 Å². The second-order valence-electron chi connectivity index (χ2n) is 12.9. The Morgan fingerprint density at radius 1 is 0.717 bits per heavy atom. The van der Waals surface area contributed by atoms with E-state index in [-0.39, 0.29) is 18.9 Å². The number of carbonyl (C=O) groups is 6. The number of fused-ring (bicyclic) bond motifs is 3. The molecule has 0 spiro atoms. The van der Waals surface area contributed by atoms with Crippen LogP contribution in [0.1, 0.15) is 83.8 Å². The van der Waals surface area contributed by atoms with Crippen molar-refractivity contribution in [3.8, 4) is 11.1 Å². The van der Waals surface area contributed by atoms with Crippen molar-refractivity contribution in [1.29, 1.82) is 0 Å². The lowest BCUT2D eigenvalue weighted by atomic mass is 9.97. The molecule has 1 aliphatic heterocycles. The fraction of sp³-hybridized carbons (Fsp3) is 0.526. The molecule has 0 bridgehead atoms. The number of hydrogen-bond donors (Lipinski definition) is 2. The maximum Gasteiger partial charge on any atom is 0.407 e. The summed E-state index contributed by atoms with van der Waals surface area (Å²) in [6, 6.07) is 13.8. The van der Waals surface area contributed by atoms with E-state index in [0.717, 1.165) is 62.8 Å². The lowest BCUT2D eigenvalue weighted by molar-refractivity contribution is -0.318. The van der Waals surface area contributed by atoms with Crippen LogP contribution in [-0.2, 0) is 57.1 Å². The summed E-state index contributed by atoms with van der Waals surface area (Å²) in [6.07, 6.45) is -6.86. The van der Waals surface area contributed by atoms with Gasteiger partial charge in [0, 0.05) is 33.6 Å². The fourth-order valence-corrected chi connectivity index (χ4v) is 6.64. The van der Waals surface area contributed by atoms with Gasteiger partial charge >= 0.3 is 35.9 Å². The third-order valence-electron chi connectivity index (χ3n) is 8.85. The molecule has 0 aromatic heterocycles. The highest BCUT2D eigenvalue weighted by molar-refractivity contribution is 5.81. The number of carbonyl (C=O) groups excluding carboxylic acids is 5. The monoisotopic (exact) mass is 741 g/mol. The number of alkyl carbamates (subject to hydrolysis) is 1. The van der Waals surface area contributed by atoms with E-state index in [2.05, 4.69) is 5.32 Å². The molecule has 0 saturated carbocycles. The van der Waals surface area contributed by atoms with Crippen LogP contribution in [0.5, 0.6) is 0 Å². The molecule has 15 heteroatoms. The van der Waals surface area contributed by atoms with Gasteiger partial charge in [0.1, 0.15) is 19.3 Å². The Labute approximate surface area is 307 Å². The first kappa shape index (κ1) is 40.7. The number of benzene rings is 2. The number of esters is 4. The molecule has 4 rings (SSSR count). The molecule has 53 heavy (non-hydrogen) atoms. The SMILES string of the molecule is CCCCCC[C@@H](O[C@@H]1O[C@H](COC(C)=O)[C@@H](OC(C)=O)[C@H](OC(C)=O)[C@H]1OC(C)=O)[C@@H](NC(=O)OCC1c2ccccc2-c2ccccc21)C(=O)O. The zero-order chi connectivity index (χ0) is 38.7. The lowest BCUT2D eigenvalue weighted by Gasteiger charge is -2.45. The number of unbranched alkanes of at least 4 members (excludes halogenated alkanes) is 3. The minimum absolute atomic E-state index is 0.0755. The van der Waals surface area contributed by atoms with E-state index in [0.29, 0.717) is 12.8 Å². The molecule has 0 unspecified atom stereocenters. The van der Waals surface area contributed by atoms with Crippen molar-refractivity contribution in [3.05, 3.63) is 59.7 Å². The Kier molecular flexibility index (Phi) is 14.7. The van der Waals surface area contributed by atoms with Crippen LogP contribution in [0.3, 0.4) is 0 Å². The van der Waals surface area contributed by atoms with E-state index < -0.39 is 85.4 Å². The van der Waals surface area contributed by atoms with Crippen molar-refractivity contribution >= 4 is 35.9 Å². The molecule has 1 amide bonds. The molecular formula is C38H47NO14. The molecule has 1 heterocycles. The molecule has 1 fully saturated rings. The molecule has 0 radical (unpaired) electrons. The summed E-state index contributed by atoms with van der Waals surface area (Å²) in [6.45, 7) is 5.82. The summed E-state index contributed by atoms with van der Waals surface area (Å²) in [5, 5.41) is 12.9. The molecular weight excluding hydrogens is 694 g/mol. The molecule has 2 aliphatic rings. The lowest BCUT2D eigenvalue weighted by Crippen LogP contribution is -2.64. The topological polar surface area (TPSA) is 199 Å². The Balaban J connectivity index is 1.61. The van der Waals surface area contributed by atoms with Gasteiger partial charge in [0.25, 0.3) is 0 Å². The average Bonchev–Trinajstić information content (AvgIpc) is 3.42. The van der Waals surface area contributed by atoms with E-state index >= 15 is 0 Å². The first-order valence-corrected chi connectivity index (χ1v) is 17.6. The van der Waals surface area contributed by atoms with Crippen molar-refractivity contribution in [2.45, 2.75) is 115 Å². The predicted octanol–water partition coefficient (Wildman–Crippen LogP) is 4.42. The summed E-state index contributed by atoms with van der Waals surface area (Å²) in [7, 11) is 0. The van der Waals surface area contributed by atoms with Crippen LogP contribution in [-0.4, -0.2) is 97.1 Å². The molecule has 7 atom stereocenters. The van der Waals surface area contributed by atoms with Crippen molar-refractivity contribution in [2.24, 2.45) is 0 Å². The maximum atomic E-state index is 13.3. The van der Waals surface area contributed by atoms with Crippen molar-refractivity contribution in [1.82, 2.24) is 5.32 Å². The van der Waals surface area contributed by atoms with Crippen molar-refractivity contribution < 1.29 is 67.0 Å². The summed E-state index contributed by atoms with van der Waals surface area (Å²) in [5.41, 5.74) is 3.98. The van der Waals surface area contributed by atoms with Crippen LogP contribution >= 0.6 is 0 Å².